The summed E-state index contributed by atoms with van der Waals surface area (Å²) in [6.45, 7) is 0. The maximum atomic E-state index is 6.43. The van der Waals surface area contributed by atoms with Gasteiger partial charge in [-0.15, -0.1) is 0 Å². The fraction of sp³-hybridized carbons (Fsp3) is 0.333. The highest BCUT2D eigenvalue weighted by Gasteiger charge is 2.44. The molecule has 2 aromatic heterocycles. The first-order valence-corrected chi connectivity index (χ1v) is 11.8. The molecule has 3 aromatic rings. The molecule has 30 heavy (non-hydrogen) atoms. The minimum absolute atomic E-state index is 0.000279. The standard InChI is InChI=1S/C24H24BrN3OS/c25-17-11-9-16(10-12-17)20-13-14-21(29-20)23-22(19-8-4-5-15-26-19)27-24(30)28(23)18-6-2-1-3-7-18/h4-5,8-15,18,22-23H,1-3,6-7H2,(H,27,30)/t22-,23-/m0/s1. The Kier molecular flexibility index (Phi) is 5.61. The molecule has 0 spiro atoms. The second-order valence-electron chi connectivity index (χ2n) is 8.03. The summed E-state index contributed by atoms with van der Waals surface area (Å²) in [7, 11) is 0. The molecule has 2 aliphatic rings. The second kappa shape index (κ2) is 8.52. The van der Waals surface area contributed by atoms with Gasteiger partial charge in [0, 0.05) is 22.3 Å². The molecular weight excluding hydrogens is 458 g/mol. The van der Waals surface area contributed by atoms with Gasteiger partial charge >= 0.3 is 0 Å². The van der Waals surface area contributed by atoms with E-state index in [1.165, 1.54) is 32.1 Å². The third kappa shape index (κ3) is 3.79. The number of nitrogens with one attached hydrogen (secondary N) is 1. The minimum Gasteiger partial charge on any atom is -0.459 e. The maximum Gasteiger partial charge on any atom is 0.170 e. The molecule has 154 valence electrons. The van der Waals surface area contributed by atoms with Crippen LogP contribution in [0.4, 0.5) is 0 Å². The molecular formula is C24H24BrN3OS. The molecule has 1 saturated heterocycles. The number of hydrogen-bond acceptors (Lipinski definition) is 3. The molecule has 0 radical (unpaired) electrons. The minimum atomic E-state index is -0.0236. The molecule has 0 amide bonds. The molecule has 1 N–H and O–H groups in total. The van der Waals surface area contributed by atoms with Crippen LogP contribution in [0.2, 0.25) is 0 Å². The smallest absolute Gasteiger partial charge is 0.170 e. The van der Waals surface area contributed by atoms with Gasteiger partial charge in [0.1, 0.15) is 17.6 Å². The molecule has 1 aliphatic heterocycles. The van der Waals surface area contributed by atoms with Crippen molar-refractivity contribution in [2.75, 3.05) is 0 Å². The fourth-order valence-corrected chi connectivity index (χ4v) is 5.36. The van der Waals surface area contributed by atoms with E-state index in [4.69, 9.17) is 16.6 Å². The van der Waals surface area contributed by atoms with E-state index < -0.39 is 0 Å². The van der Waals surface area contributed by atoms with Crippen LogP contribution in [0.3, 0.4) is 0 Å². The van der Waals surface area contributed by atoms with Crippen LogP contribution in [-0.4, -0.2) is 21.0 Å². The summed E-state index contributed by atoms with van der Waals surface area (Å²) in [5, 5.41) is 4.36. The van der Waals surface area contributed by atoms with Crippen molar-refractivity contribution in [2.45, 2.75) is 50.2 Å². The van der Waals surface area contributed by atoms with E-state index >= 15 is 0 Å². The molecule has 1 aromatic carbocycles. The third-order valence-corrected chi connectivity index (χ3v) is 7.01. The van der Waals surface area contributed by atoms with Gasteiger partial charge in [-0.1, -0.05) is 53.4 Å². The number of thiocarbonyl (C=S) groups is 1. The Labute approximate surface area is 190 Å². The zero-order valence-electron chi connectivity index (χ0n) is 16.6. The number of hydrogen-bond donors (Lipinski definition) is 1. The molecule has 2 atom stereocenters. The summed E-state index contributed by atoms with van der Waals surface area (Å²) in [6, 6.07) is 18.8. The first kappa shape index (κ1) is 19.8. The van der Waals surface area contributed by atoms with Crippen LogP contribution < -0.4 is 5.32 Å². The summed E-state index contributed by atoms with van der Waals surface area (Å²) in [5.41, 5.74) is 2.06. The van der Waals surface area contributed by atoms with Crippen LogP contribution >= 0.6 is 28.1 Å². The second-order valence-corrected chi connectivity index (χ2v) is 9.34. The Hall–Kier alpha value is -2.18. The summed E-state index contributed by atoms with van der Waals surface area (Å²) in [4.78, 5) is 7.02. The highest BCUT2D eigenvalue weighted by atomic mass is 79.9. The fourth-order valence-electron chi connectivity index (χ4n) is 4.70. The van der Waals surface area contributed by atoms with E-state index in [-0.39, 0.29) is 12.1 Å². The van der Waals surface area contributed by atoms with Gasteiger partial charge in [-0.3, -0.25) is 4.98 Å². The first-order valence-electron chi connectivity index (χ1n) is 10.6. The first-order chi connectivity index (χ1) is 14.7. The van der Waals surface area contributed by atoms with Crippen molar-refractivity contribution >= 4 is 33.3 Å². The molecule has 6 heteroatoms. The molecule has 5 rings (SSSR count). The number of halogens is 1. The van der Waals surface area contributed by atoms with Gasteiger partial charge in [0.2, 0.25) is 0 Å². The van der Waals surface area contributed by atoms with E-state index in [0.717, 1.165) is 32.4 Å². The quantitative estimate of drug-likeness (QED) is 0.436. The lowest BCUT2D eigenvalue weighted by Gasteiger charge is -2.36. The van der Waals surface area contributed by atoms with Gasteiger partial charge in [0.15, 0.2) is 5.11 Å². The van der Waals surface area contributed by atoms with Crippen LogP contribution in [0.1, 0.15) is 55.6 Å². The van der Waals surface area contributed by atoms with E-state index in [2.05, 4.69) is 61.5 Å². The zero-order chi connectivity index (χ0) is 20.5. The Morgan fingerprint density at radius 2 is 1.80 bits per heavy atom. The highest BCUT2D eigenvalue weighted by molar-refractivity contribution is 9.10. The topological polar surface area (TPSA) is 41.3 Å². The van der Waals surface area contributed by atoms with Crippen molar-refractivity contribution in [1.82, 2.24) is 15.2 Å². The Morgan fingerprint density at radius 3 is 2.53 bits per heavy atom. The maximum absolute atomic E-state index is 6.43. The predicted molar refractivity (Wildman–Crippen MR) is 126 cm³/mol. The lowest BCUT2D eigenvalue weighted by molar-refractivity contribution is 0.179. The SMILES string of the molecule is S=C1N[C@@H](c2ccccn2)[C@H](c2ccc(-c3ccc(Br)cc3)o2)N1C1CCCCC1. The lowest BCUT2D eigenvalue weighted by atomic mass is 9.92. The number of rotatable bonds is 4. The van der Waals surface area contributed by atoms with Gasteiger partial charge in [0.05, 0.1) is 11.7 Å². The molecule has 1 aliphatic carbocycles. The van der Waals surface area contributed by atoms with Crippen LogP contribution in [0.25, 0.3) is 11.3 Å². The number of aromatic nitrogens is 1. The normalized spacial score (nSPS) is 22.3. The Balaban J connectivity index is 1.53. The van der Waals surface area contributed by atoms with Crippen LogP contribution in [0.5, 0.6) is 0 Å². The van der Waals surface area contributed by atoms with Crippen molar-refractivity contribution in [2.24, 2.45) is 0 Å². The number of furan rings is 1. The molecule has 2 fully saturated rings. The average Bonchev–Trinajstić information content (AvgIpc) is 3.40. The summed E-state index contributed by atoms with van der Waals surface area (Å²) in [5.74, 6) is 1.81. The van der Waals surface area contributed by atoms with E-state index in [1.807, 2.05) is 30.5 Å². The van der Waals surface area contributed by atoms with Gasteiger partial charge in [-0.2, -0.15) is 0 Å². The highest BCUT2D eigenvalue weighted by Crippen LogP contribution is 2.43. The van der Waals surface area contributed by atoms with Crippen molar-refractivity contribution < 1.29 is 4.42 Å². The van der Waals surface area contributed by atoms with E-state index in [9.17, 15) is 0 Å². The van der Waals surface area contributed by atoms with Gasteiger partial charge in [0.25, 0.3) is 0 Å². The average molecular weight is 482 g/mol. The number of pyridine rings is 1. The van der Waals surface area contributed by atoms with Crippen molar-refractivity contribution in [1.29, 1.82) is 0 Å². The summed E-state index contributed by atoms with van der Waals surface area (Å²) >= 11 is 9.33. The van der Waals surface area contributed by atoms with Gasteiger partial charge < -0.3 is 14.6 Å². The molecule has 0 bridgehead atoms. The third-order valence-electron chi connectivity index (χ3n) is 6.15. The van der Waals surface area contributed by atoms with Crippen LogP contribution in [0.15, 0.2) is 69.7 Å². The zero-order valence-corrected chi connectivity index (χ0v) is 19.0. The van der Waals surface area contributed by atoms with E-state index in [1.54, 1.807) is 0 Å². The van der Waals surface area contributed by atoms with Crippen LogP contribution in [-0.2, 0) is 0 Å². The van der Waals surface area contributed by atoms with Crippen molar-refractivity contribution in [3.05, 3.63) is 76.7 Å². The molecule has 0 unspecified atom stereocenters. The number of nitrogens with zero attached hydrogens (tertiary/aromatic N) is 2. The Bertz CT molecular complexity index is 1010. The summed E-state index contributed by atoms with van der Waals surface area (Å²) in [6.07, 6.45) is 8.02. The lowest BCUT2D eigenvalue weighted by Crippen LogP contribution is -2.40. The van der Waals surface area contributed by atoms with Crippen molar-refractivity contribution in [3.8, 4) is 11.3 Å². The summed E-state index contributed by atoms with van der Waals surface area (Å²) < 4.78 is 7.49. The van der Waals surface area contributed by atoms with E-state index in [0.29, 0.717) is 6.04 Å². The molecule has 1 saturated carbocycles. The Morgan fingerprint density at radius 1 is 1.00 bits per heavy atom. The van der Waals surface area contributed by atoms with Crippen molar-refractivity contribution in [3.63, 3.8) is 0 Å². The largest absolute Gasteiger partial charge is 0.459 e. The van der Waals surface area contributed by atoms with Gasteiger partial charge in [-0.25, -0.2) is 0 Å². The number of benzene rings is 1. The predicted octanol–water partition coefficient (Wildman–Crippen LogP) is 6.41. The van der Waals surface area contributed by atoms with Crippen LogP contribution in [0, 0.1) is 0 Å². The van der Waals surface area contributed by atoms with Gasteiger partial charge in [-0.05, 0) is 61.5 Å². The molecule has 3 heterocycles. The molecule has 4 nitrogen and oxygen atoms in total. The monoisotopic (exact) mass is 481 g/mol.